The zero-order valence-corrected chi connectivity index (χ0v) is 9.51. The zero-order valence-electron chi connectivity index (χ0n) is 9.51. The van der Waals surface area contributed by atoms with Gasteiger partial charge in [-0.2, -0.15) is 13.2 Å². The highest BCUT2D eigenvalue weighted by atomic mass is 19.4. The average Bonchev–Trinajstić information content (AvgIpc) is 2.26. The van der Waals surface area contributed by atoms with Crippen molar-refractivity contribution in [3.63, 3.8) is 0 Å². The van der Waals surface area contributed by atoms with Crippen molar-refractivity contribution in [2.45, 2.75) is 32.1 Å². The van der Waals surface area contributed by atoms with Gasteiger partial charge in [-0.15, -0.1) is 12.3 Å². The summed E-state index contributed by atoms with van der Waals surface area (Å²) >= 11 is 0. The predicted molar refractivity (Wildman–Crippen MR) is 61.2 cm³/mol. The fourth-order valence-corrected chi connectivity index (χ4v) is 1.35. The lowest BCUT2D eigenvalue weighted by molar-refractivity contribution is -0.137. The lowest BCUT2D eigenvalue weighted by Gasteiger charge is -2.11. The largest absolute Gasteiger partial charge is 0.416 e. The highest BCUT2D eigenvalue weighted by molar-refractivity contribution is 5.24. The van der Waals surface area contributed by atoms with Gasteiger partial charge in [0.25, 0.3) is 0 Å². The number of alkyl halides is 3. The second-order valence-electron chi connectivity index (χ2n) is 3.88. The molecule has 0 saturated carbocycles. The Kier molecular flexibility index (Phi) is 4.59. The second kappa shape index (κ2) is 5.74. The van der Waals surface area contributed by atoms with Gasteiger partial charge in [-0.1, -0.05) is 12.1 Å². The standard InChI is InChI=1S/C13H14F3N/c1-3-4-10(2)17-9-11-5-7-12(8-6-11)13(14,15)16/h1,5-8,10,17H,4,9H2,2H3. The summed E-state index contributed by atoms with van der Waals surface area (Å²) in [6, 6.07) is 5.27. The first kappa shape index (κ1) is 13.6. The molecular formula is C13H14F3N. The van der Waals surface area contributed by atoms with Crippen molar-refractivity contribution < 1.29 is 13.2 Å². The minimum Gasteiger partial charge on any atom is -0.309 e. The Morgan fingerprint density at radius 1 is 1.29 bits per heavy atom. The Balaban J connectivity index is 2.55. The van der Waals surface area contributed by atoms with E-state index in [0.717, 1.165) is 17.7 Å². The number of rotatable bonds is 4. The third-order valence-electron chi connectivity index (χ3n) is 2.36. The zero-order chi connectivity index (χ0) is 12.9. The van der Waals surface area contributed by atoms with Crippen molar-refractivity contribution in [1.82, 2.24) is 5.32 Å². The quantitative estimate of drug-likeness (QED) is 0.798. The van der Waals surface area contributed by atoms with Gasteiger partial charge >= 0.3 is 6.18 Å². The average molecular weight is 241 g/mol. The van der Waals surface area contributed by atoms with E-state index in [2.05, 4.69) is 11.2 Å². The van der Waals surface area contributed by atoms with E-state index in [0.29, 0.717) is 13.0 Å². The van der Waals surface area contributed by atoms with E-state index in [1.54, 1.807) is 0 Å². The van der Waals surface area contributed by atoms with Crippen LogP contribution in [0.2, 0.25) is 0 Å². The Bertz CT molecular complexity index is 387. The van der Waals surface area contributed by atoms with Gasteiger partial charge in [-0.25, -0.2) is 0 Å². The molecule has 0 aliphatic rings. The minimum absolute atomic E-state index is 0.155. The van der Waals surface area contributed by atoms with Crippen molar-refractivity contribution >= 4 is 0 Å². The van der Waals surface area contributed by atoms with Crippen LogP contribution < -0.4 is 5.32 Å². The van der Waals surface area contributed by atoms with Gasteiger partial charge in [0.15, 0.2) is 0 Å². The van der Waals surface area contributed by atoms with Crippen molar-refractivity contribution in [2.75, 3.05) is 0 Å². The van der Waals surface area contributed by atoms with Gasteiger partial charge in [0.05, 0.1) is 5.56 Å². The van der Waals surface area contributed by atoms with Crippen LogP contribution in [0.1, 0.15) is 24.5 Å². The third kappa shape index (κ3) is 4.49. The first-order chi connectivity index (χ1) is 7.93. The van der Waals surface area contributed by atoms with Crippen LogP contribution in [0.15, 0.2) is 24.3 Å². The van der Waals surface area contributed by atoms with E-state index in [1.807, 2.05) is 6.92 Å². The second-order valence-corrected chi connectivity index (χ2v) is 3.88. The summed E-state index contributed by atoms with van der Waals surface area (Å²) in [7, 11) is 0. The number of hydrogen-bond acceptors (Lipinski definition) is 1. The Labute approximate surface area is 99.0 Å². The van der Waals surface area contributed by atoms with E-state index in [4.69, 9.17) is 6.42 Å². The van der Waals surface area contributed by atoms with Crippen molar-refractivity contribution in [3.05, 3.63) is 35.4 Å². The van der Waals surface area contributed by atoms with Crippen LogP contribution in [0, 0.1) is 12.3 Å². The van der Waals surface area contributed by atoms with Crippen LogP contribution in [0.25, 0.3) is 0 Å². The smallest absolute Gasteiger partial charge is 0.309 e. The monoisotopic (exact) mass is 241 g/mol. The van der Waals surface area contributed by atoms with Gasteiger partial charge in [0.2, 0.25) is 0 Å². The Hall–Kier alpha value is -1.47. The van der Waals surface area contributed by atoms with Crippen LogP contribution in [0.5, 0.6) is 0 Å². The summed E-state index contributed by atoms with van der Waals surface area (Å²) in [6.07, 6.45) is 1.47. The van der Waals surface area contributed by atoms with Gasteiger partial charge in [0, 0.05) is 19.0 Å². The SMILES string of the molecule is C#CCC(C)NCc1ccc(C(F)(F)F)cc1. The molecule has 0 heterocycles. The molecule has 0 aliphatic carbocycles. The van der Waals surface area contributed by atoms with Crippen LogP contribution in [0.3, 0.4) is 0 Å². The molecule has 0 saturated heterocycles. The molecule has 1 aromatic carbocycles. The fourth-order valence-electron chi connectivity index (χ4n) is 1.35. The van der Waals surface area contributed by atoms with Crippen LogP contribution in [-0.2, 0) is 12.7 Å². The maximum Gasteiger partial charge on any atom is 0.416 e. The molecule has 1 aromatic rings. The summed E-state index contributed by atoms with van der Waals surface area (Å²) in [5, 5.41) is 3.13. The van der Waals surface area contributed by atoms with Crippen LogP contribution in [-0.4, -0.2) is 6.04 Å². The normalized spacial score (nSPS) is 13.1. The molecule has 1 atom stereocenters. The molecule has 0 bridgehead atoms. The lowest BCUT2D eigenvalue weighted by atomic mass is 10.1. The molecule has 0 spiro atoms. The summed E-state index contributed by atoms with van der Waals surface area (Å²) in [5.41, 5.74) is 0.180. The summed E-state index contributed by atoms with van der Waals surface area (Å²) < 4.78 is 36.9. The fraction of sp³-hybridized carbons (Fsp3) is 0.385. The van der Waals surface area contributed by atoms with Crippen molar-refractivity contribution in [1.29, 1.82) is 0 Å². The van der Waals surface area contributed by atoms with E-state index in [-0.39, 0.29) is 6.04 Å². The molecule has 4 heteroatoms. The summed E-state index contributed by atoms with van der Waals surface area (Å²) in [5.74, 6) is 2.52. The van der Waals surface area contributed by atoms with Gasteiger partial charge < -0.3 is 5.32 Å². The van der Waals surface area contributed by atoms with Gasteiger partial charge in [0.1, 0.15) is 0 Å². The number of terminal acetylenes is 1. The molecule has 0 aliphatic heterocycles. The molecule has 0 amide bonds. The molecule has 0 aromatic heterocycles. The molecule has 92 valence electrons. The number of nitrogens with one attached hydrogen (secondary N) is 1. The molecule has 1 N–H and O–H groups in total. The number of halogens is 3. The van der Waals surface area contributed by atoms with E-state index in [1.165, 1.54) is 12.1 Å². The van der Waals surface area contributed by atoms with Crippen molar-refractivity contribution in [3.8, 4) is 12.3 Å². The number of hydrogen-bond donors (Lipinski definition) is 1. The maximum absolute atomic E-state index is 12.3. The molecule has 0 radical (unpaired) electrons. The van der Waals surface area contributed by atoms with Crippen LogP contribution in [0.4, 0.5) is 13.2 Å². The summed E-state index contributed by atoms with van der Waals surface area (Å²) in [6.45, 7) is 2.45. The molecule has 0 fully saturated rings. The van der Waals surface area contributed by atoms with E-state index in [9.17, 15) is 13.2 Å². The molecule has 1 unspecified atom stereocenters. The summed E-state index contributed by atoms with van der Waals surface area (Å²) in [4.78, 5) is 0. The Morgan fingerprint density at radius 3 is 2.35 bits per heavy atom. The van der Waals surface area contributed by atoms with E-state index < -0.39 is 11.7 Å². The molecule has 1 rings (SSSR count). The minimum atomic E-state index is -4.28. The first-order valence-corrected chi connectivity index (χ1v) is 5.26. The van der Waals surface area contributed by atoms with Gasteiger partial charge in [-0.3, -0.25) is 0 Å². The predicted octanol–water partition coefficient (Wildman–Crippen LogP) is 3.21. The lowest BCUT2D eigenvalue weighted by Crippen LogP contribution is -2.24. The molecule has 17 heavy (non-hydrogen) atoms. The highest BCUT2D eigenvalue weighted by Gasteiger charge is 2.29. The topological polar surface area (TPSA) is 12.0 Å². The number of benzene rings is 1. The maximum atomic E-state index is 12.3. The van der Waals surface area contributed by atoms with E-state index >= 15 is 0 Å². The third-order valence-corrected chi connectivity index (χ3v) is 2.36. The Morgan fingerprint density at radius 2 is 1.88 bits per heavy atom. The first-order valence-electron chi connectivity index (χ1n) is 5.26. The molecular weight excluding hydrogens is 227 g/mol. The highest BCUT2D eigenvalue weighted by Crippen LogP contribution is 2.28. The molecule has 1 nitrogen and oxygen atoms in total. The van der Waals surface area contributed by atoms with Gasteiger partial charge in [-0.05, 0) is 24.6 Å². The van der Waals surface area contributed by atoms with Crippen LogP contribution >= 0.6 is 0 Å². The van der Waals surface area contributed by atoms with Crippen molar-refractivity contribution in [2.24, 2.45) is 0 Å².